The molecule has 1 aromatic carbocycles. The minimum absolute atomic E-state index is 0.750. The Morgan fingerprint density at radius 2 is 2.14 bits per heavy atom. The van der Waals surface area contributed by atoms with Crippen LogP contribution in [0.25, 0.3) is 10.9 Å². The van der Waals surface area contributed by atoms with E-state index in [1.807, 2.05) is 18.3 Å². The maximum atomic E-state index is 5.82. The van der Waals surface area contributed by atoms with Gasteiger partial charge in [0.25, 0.3) is 0 Å². The summed E-state index contributed by atoms with van der Waals surface area (Å²) >= 11 is 3.46. The SMILES string of the molecule is CCCOc1cccc2c1ccn2Cc1cncc(Br)c1. The average molecular weight is 345 g/mol. The third-order valence-corrected chi connectivity index (χ3v) is 3.78. The van der Waals surface area contributed by atoms with Gasteiger partial charge in [0, 0.05) is 35.0 Å². The highest BCUT2D eigenvalue weighted by Gasteiger charge is 2.07. The average Bonchev–Trinajstić information content (AvgIpc) is 2.89. The Kier molecular flexibility index (Phi) is 4.25. The summed E-state index contributed by atoms with van der Waals surface area (Å²) in [6.07, 6.45) is 6.81. The minimum Gasteiger partial charge on any atom is -0.493 e. The van der Waals surface area contributed by atoms with Crippen molar-refractivity contribution < 1.29 is 4.74 Å². The van der Waals surface area contributed by atoms with Crippen LogP contribution in [0.5, 0.6) is 5.75 Å². The fraction of sp³-hybridized carbons (Fsp3) is 0.235. The van der Waals surface area contributed by atoms with Crippen molar-refractivity contribution in [1.82, 2.24) is 9.55 Å². The first-order valence-corrected chi connectivity index (χ1v) is 7.87. The predicted octanol–water partition coefficient (Wildman–Crippen LogP) is 4.64. The zero-order chi connectivity index (χ0) is 14.7. The van der Waals surface area contributed by atoms with Crippen LogP contribution in [0.4, 0.5) is 0 Å². The molecule has 0 atom stereocenters. The number of fused-ring (bicyclic) bond motifs is 1. The van der Waals surface area contributed by atoms with Crippen molar-refractivity contribution in [3.63, 3.8) is 0 Å². The number of nitrogens with zero attached hydrogens (tertiary/aromatic N) is 2. The lowest BCUT2D eigenvalue weighted by atomic mass is 10.2. The van der Waals surface area contributed by atoms with E-state index in [1.54, 1.807) is 6.20 Å². The highest BCUT2D eigenvalue weighted by Crippen LogP contribution is 2.27. The summed E-state index contributed by atoms with van der Waals surface area (Å²) in [6.45, 7) is 3.67. The number of ether oxygens (including phenoxy) is 1. The summed E-state index contributed by atoms with van der Waals surface area (Å²) in [6, 6.07) is 10.4. The molecule has 2 aromatic heterocycles. The van der Waals surface area contributed by atoms with Crippen LogP contribution < -0.4 is 4.74 Å². The molecule has 0 unspecified atom stereocenters. The third kappa shape index (κ3) is 3.10. The quantitative estimate of drug-likeness (QED) is 0.674. The molecule has 0 bridgehead atoms. The van der Waals surface area contributed by atoms with Crippen LogP contribution in [0.3, 0.4) is 0 Å². The van der Waals surface area contributed by atoms with Crippen molar-refractivity contribution >= 4 is 26.8 Å². The van der Waals surface area contributed by atoms with Gasteiger partial charge in [0.1, 0.15) is 5.75 Å². The fourth-order valence-electron chi connectivity index (χ4n) is 2.41. The van der Waals surface area contributed by atoms with Gasteiger partial charge in [-0.25, -0.2) is 0 Å². The van der Waals surface area contributed by atoms with Crippen LogP contribution >= 0.6 is 15.9 Å². The number of hydrogen-bond donors (Lipinski definition) is 0. The van der Waals surface area contributed by atoms with Crippen molar-refractivity contribution in [1.29, 1.82) is 0 Å². The zero-order valence-electron chi connectivity index (χ0n) is 11.9. The van der Waals surface area contributed by atoms with E-state index in [-0.39, 0.29) is 0 Å². The molecule has 0 radical (unpaired) electrons. The number of halogens is 1. The standard InChI is InChI=1S/C17H17BrN2O/c1-2-8-21-17-5-3-4-16-15(17)6-7-20(16)12-13-9-14(18)11-19-10-13/h3-7,9-11H,2,8,12H2,1H3. The maximum absolute atomic E-state index is 5.82. The van der Waals surface area contributed by atoms with Gasteiger partial charge >= 0.3 is 0 Å². The van der Waals surface area contributed by atoms with Crippen LogP contribution in [0.15, 0.2) is 53.4 Å². The molecule has 0 aliphatic carbocycles. The van der Waals surface area contributed by atoms with Gasteiger partial charge in [-0.05, 0) is 52.2 Å². The normalized spacial score (nSPS) is 11.0. The lowest BCUT2D eigenvalue weighted by Crippen LogP contribution is -1.99. The number of pyridine rings is 1. The van der Waals surface area contributed by atoms with Gasteiger partial charge in [0.2, 0.25) is 0 Å². The lowest BCUT2D eigenvalue weighted by Gasteiger charge is -2.08. The second-order valence-corrected chi connectivity index (χ2v) is 5.91. The van der Waals surface area contributed by atoms with Crippen molar-refractivity contribution in [3.05, 3.63) is 59.0 Å². The van der Waals surface area contributed by atoms with Crippen LogP contribution in [-0.4, -0.2) is 16.2 Å². The summed E-state index contributed by atoms with van der Waals surface area (Å²) < 4.78 is 9.04. The first kappa shape index (κ1) is 14.1. The molecule has 0 aliphatic rings. The molecule has 0 amide bonds. The maximum Gasteiger partial charge on any atom is 0.128 e. The molecule has 3 aromatic rings. The van der Waals surface area contributed by atoms with Gasteiger partial charge in [-0.1, -0.05) is 13.0 Å². The second-order valence-electron chi connectivity index (χ2n) is 4.99. The van der Waals surface area contributed by atoms with E-state index in [9.17, 15) is 0 Å². The van der Waals surface area contributed by atoms with Crippen molar-refractivity contribution in [2.24, 2.45) is 0 Å². The molecule has 0 saturated heterocycles. The van der Waals surface area contributed by atoms with Crippen LogP contribution in [0.1, 0.15) is 18.9 Å². The molecule has 0 fully saturated rings. The largest absolute Gasteiger partial charge is 0.493 e. The highest BCUT2D eigenvalue weighted by molar-refractivity contribution is 9.10. The molecule has 3 rings (SSSR count). The monoisotopic (exact) mass is 344 g/mol. The summed E-state index contributed by atoms with van der Waals surface area (Å²) in [5, 5.41) is 1.16. The smallest absolute Gasteiger partial charge is 0.128 e. The number of hydrogen-bond acceptors (Lipinski definition) is 2. The summed E-state index contributed by atoms with van der Waals surface area (Å²) in [7, 11) is 0. The molecule has 0 N–H and O–H groups in total. The van der Waals surface area contributed by atoms with Crippen molar-refractivity contribution in [3.8, 4) is 5.75 Å². The summed E-state index contributed by atoms with van der Waals surface area (Å²) in [5.74, 6) is 0.959. The molecular weight excluding hydrogens is 328 g/mol. The Morgan fingerprint density at radius 1 is 1.24 bits per heavy atom. The molecular formula is C17H17BrN2O. The zero-order valence-corrected chi connectivity index (χ0v) is 13.5. The van der Waals surface area contributed by atoms with E-state index in [0.29, 0.717) is 0 Å². The second kappa shape index (κ2) is 6.31. The first-order chi connectivity index (χ1) is 10.3. The Hall–Kier alpha value is -1.81. The van der Waals surface area contributed by atoms with Crippen LogP contribution in [0, 0.1) is 0 Å². The highest BCUT2D eigenvalue weighted by atomic mass is 79.9. The van der Waals surface area contributed by atoms with Gasteiger partial charge in [-0.3, -0.25) is 4.98 Å². The van der Waals surface area contributed by atoms with E-state index >= 15 is 0 Å². The van der Waals surface area contributed by atoms with Gasteiger partial charge in [0.15, 0.2) is 0 Å². The van der Waals surface area contributed by atoms with Crippen molar-refractivity contribution in [2.45, 2.75) is 19.9 Å². The Labute approximate surface area is 132 Å². The number of benzene rings is 1. The van der Waals surface area contributed by atoms with Gasteiger partial charge < -0.3 is 9.30 Å². The molecule has 0 aliphatic heterocycles. The third-order valence-electron chi connectivity index (χ3n) is 3.35. The molecule has 108 valence electrons. The van der Waals surface area contributed by atoms with Crippen LogP contribution in [0.2, 0.25) is 0 Å². The Bertz CT molecular complexity index is 751. The van der Waals surface area contributed by atoms with E-state index in [4.69, 9.17) is 4.74 Å². The molecule has 21 heavy (non-hydrogen) atoms. The molecule has 3 nitrogen and oxygen atoms in total. The lowest BCUT2D eigenvalue weighted by molar-refractivity contribution is 0.321. The summed E-state index contributed by atoms with van der Waals surface area (Å²) in [5.41, 5.74) is 2.35. The number of aromatic nitrogens is 2. The van der Waals surface area contributed by atoms with Gasteiger partial charge in [0.05, 0.1) is 12.1 Å². The van der Waals surface area contributed by atoms with Crippen LogP contribution in [-0.2, 0) is 6.54 Å². The molecule has 2 heterocycles. The summed E-state index contributed by atoms with van der Waals surface area (Å²) in [4.78, 5) is 4.22. The molecule has 0 saturated carbocycles. The van der Waals surface area contributed by atoms with Crippen molar-refractivity contribution in [2.75, 3.05) is 6.61 Å². The van der Waals surface area contributed by atoms with E-state index in [0.717, 1.165) is 35.2 Å². The Balaban J connectivity index is 1.93. The molecule has 4 heteroatoms. The predicted molar refractivity (Wildman–Crippen MR) is 88.8 cm³/mol. The minimum atomic E-state index is 0.750. The first-order valence-electron chi connectivity index (χ1n) is 7.08. The topological polar surface area (TPSA) is 27.1 Å². The van der Waals surface area contributed by atoms with Gasteiger partial charge in [-0.15, -0.1) is 0 Å². The Morgan fingerprint density at radius 3 is 2.95 bits per heavy atom. The van der Waals surface area contributed by atoms with E-state index in [1.165, 1.54) is 11.1 Å². The molecule has 0 spiro atoms. The van der Waals surface area contributed by atoms with E-state index in [2.05, 4.69) is 56.8 Å². The number of rotatable bonds is 5. The van der Waals surface area contributed by atoms with E-state index < -0.39 is 0 Å². The fourth-order valence-corrected chi connectivity index (χ4v) is 2.82. The van der Waals surface area contributed by atoms with Gasteiger partial charge in [-0.2, -0.15) is 0 Å².